The van der Waals surface area contributed by atoms with E-state index >= 15 is 0 Å². The minimum absolute atomic E-state index is 0. The normalized spacial score (nSPS) is 18.3. The van der Waals surface area contributed by atoms with Crippen LogP contribution in [0.25, 0.3) is 0 Å². The first kappa shape index (κ1) is 20.6. The van der Waals surface area contributed by atoms with E-state index in [0.29, 0.717) is 11.2 Å². The monoisotopic (exact) mass is 354 g/mol. The molecular formula is C13H24Cl2N4OS. The number of aromatic nitrogens is 1. The molecule has 0 bridgehead atoms. The Labute approximate surface area is 142 Å². The number of hydrogen-bond acceptors (Lipinski definition) is 5. The zero-order valence-corrected chi connectivity index (χ0v) is 14.9. The van der Waals surface area contributed by atoms with Gasteiger partial charge in [0, 0.05) is 24.9 Å². The minimum Gasteiger partial charge on any atom is -0.317 e. The van der Waals surface area contributed by atoms with Crippen molar-refractivity contribution in [1.29, 1.82) is 0 Å². The Balaban J connectivity index is 0.00000200. The Morgan fingerprint density at radius 3 is 2.95 bits per heavy atom. The van der Waals surface area contributed by atoms with Crippen LogP contribution < -0.4 is 10.6 Å². The lowest BCUT2D eigenvalue weighted by molar-refractivity contribution is -0.114. The molecule has 0 spiro atoms. The van der Waals surface area contributed by atoms with Gasteiger partial charge in [0.15, 0.2) is 5.13 Å². The van der Waals surface area contributed by atoms with E-state index in [2.05, 4.69) is 27.6 Å². The van der Waals surface area contributed by atoms with Gasteiger partial charge in [0.25, 0.3) is 0 Å². The highest BCUT2D eigenvalue weighted by atomic mass is 35.5. The summed E-state index contributed by atoms with van der Waals surface area (Å²) in [6.07, 6.45) is 3.68. The van der Waals surface area contributed by atoms with Gasteiger partial charge in [0.05, 0.1) is 5.69 Å². The molecule has 1 atom stereocenters. The van der Waals surface area contributed by atoms with Crippen molar-refractivity contribution in [2.24, 2.45) is 0 Å². The molecule has 1 aliphatic heterocycles. The molecule has 2 rings (SSSR count). The predicted molar refractivity (Wildman–Crippen MR) is 92.9 cm³/mol. The summed E-state index contributed by atoms with van der Waals surface area (Å²) in [5, 5.41) is 8.88. The molecule has 8 heteroatoms. The molecule has 1 aromatic rings. The third-order valence-electron chi connectivity index (χ3n) is 3.41. The minimum atomic E-state index is -0.0657. The number of halogens is 2. The van der Waals surface area contributed by atoms with E-state index in [1.165, 1.54) is 37.5 Å². The molecule has 0 aliphatic carbocycles. The van der Waals surface area contributed by atoms with Gasteiger partial charge in [-0.2, -0.15) is 0 Å². The van der Waals surface area contributed by atoms with Crippen LogP contribution >= 0.6 is 36.2 Å². The van der Waals surface area contributed by atoms with Gasteiger partial charge in [-0.15, -0.1) is 36.2 Å². The average Bonchev–Trinajstić information content (AvgIpc) is 2.64. The number of rotatable bonds is 4. The number of amides is 1. The van der Waals surface area contributed by atoms with Crippen molar-refractivity contribution >= 4 is 47.2 Å². The summed E-state index contributed by atoms with van der Waals surface area (Å²) >= 11 is 1.49. The van der Waals surface area contributed by atoms with Crippen LogP contribution in [-0.2, 0) is 11.3 Å². The summed E-state index contributed by atoms with van der Waals surface area (Å²) in [6.45, 7) is 4.59. The van der Waals surface area contributed by atoms with E-state index in [1.54, 1.807) is 0 Å². The van der Waals surface area contributed by atoms with Gasteiger partial charge in [-0.25, -0.2) is 4.98 Å². The van der Waals surface area contributed by atoms with Crippen LogP contribution in [0.3, 0.4) is 0 Å². The summed E-state index contributed by atoms with van der Waals surface area (Å²) in [6, 6.07) is 0.626. The molecule has 5 nitrogen and oxygen atoms in total. The van der Waals surface area contributed by atoms with E-state index in [4.69, 9.17) is 0 Å². The van der Waals surface area contributed by atoms with Crippen molar-refractivity contribution in [3.05, 3.63) is 11.1 Å². The average molecular weight is 355 g/mol. The molecule has 0 aromatic carbocycles. The lowest BCUT2D eigenvalue weighted by atomic mass is 10.1. The second kappa shape index (κ2) is 10.3. The van der Waals surface area contributed by atoms with Gasteiger partial charge in [-0.1, -0.05) is 0 Å². The van der Waals surface area contributed by atoms with Gasteiger partial charge >= 0.3 is 0 Å². The van der Waals surface area contributed by atoms with Crippen molar-refractivity contribution in [2.45, 2.75) is 38.8 Å². The van der Waals surface area contributed by atoms with Crippen LogP contribution in [0.15, 0.2) is 5.38 Å². The summed E-state index contributed by atoms with van der Waals surface area (Å²) in [7, 11) is 2.16. The number of carbonyl (C=O) groups excluding carboxylic acids is 1. The molecule has 1 saturated heterocycles. The molecule has 1 aromatic heterocycles. The van der Waals surface area contributed by atoms with Gasteiger partial charge in [-0.3, -0.25) is 9.69 Å². The summed E-state index contributed by atoms with van der Waals surface area (Å²) < 4.78 is 0. The van der Waals surface area contributed by atoms with Crippen molar-refractivity contribution in [2.75, 3.05) is 25.5 Å². The van der Waals surface area contributed by atoms with Crippen molar-refractivity contribution in [3.8, 4) is 0 Å². The summed E-state index contributed by atoms with van der Waals surface area (Å²) in [4.78, 5) is 17.8. The molecule has 1 fully saturated rings. The van der Waals surface area contributed by atoms with E-state index in [-0.39, 0.29) is 30.7 Å². The lowest BCUT2D eigenvalue weighted by Crippen LogP contribution is -2.32. The van der Waals surface area contributed by atoms with Crippen molar-refractivity contribution < 1.29 is 4.79 Å². The molecule has 2 heterocycles. The van der Waals surface area contributed by atoms with Crippen molar-refractivity contribution in [3.63, 3.8) is 0 Å². The Morgan fingerprint density at radius 2 is 2.24 bits per heavy atom. The number of carbonyl (C=O) groups is 1. The van der Waals surface area contributed by atoms with Crippen LogP contribution in [-0.4, -0.2) is 42.0 Å². The quantitative estimate of drug-likeness (QED) is 0.872. The Hall–Kier alpha value is -0.400. The molecule has 1 amide bonds. The van der Waals surface area contributed by atoms with Gasteiger partial charge in [0.2, 0.25) is 5.91 Å². The Bertz CT molecular complexity index is 422. The molecule has 21 heavy (non-hydrogen) atoms. The fourth-order valence-corrected chi connectivity index (χ4v) is 3.16. The third-order valence-corrected chi connectivity index (χ3v) is 4.22. The maximum atomic E-state index is 11.0. The molecule has 1 aliphatic rings. The van der Waals surface area contributed by atoms with Crippen molar-refractivity contribution in [1.82, 2.24) is 15.2 Å². The van der Waals surface area contributed by atoms with Gasteiger partial charge in [0.1, 0.15) is 0 Å². The van der Waals surface area contributed by atoms with Crippen LogP contribution in [0.2, 0.25) is 0 Å². The first-order valence-corrected chi connectivity index (χ1v) is 7.66. The number of nitrogens with one attached hydrogen (secondary N) is 2. The van der Waals surface area contributed by atoms with Gasteiger partial charge in [-0.05, 0) is 39.4 Å². The number of hydrogen-bond donors (Lipinski definition) is 2. The van der Waals surface area contributed by atoms with E-state index in [0.717, 1.165) is 25.3 Å². The number of thiazole rings is 1. The number of nitrogens with zero attached hydrogens (tertiary/aromatic N) is 2. The maximum Gasteiger partial charge on any atom is 0.223 e. The molecule has 0 saturated carbocycles. The summed E-state index contributed by atoms with van der Waals surface area (Å²) in [5.74, 6) is -0.0657. The topological polar surface area (TPSA) is 57.3 Å². The smallest absolute Gasteiger partial charge is 0.223 e. The number of anilines is 1. The predicted octanol–water partition coefficient (Wildman–Crippen LogP) is 2.52. The van der Waals surface area contributed by atoms with Crippen LogP contribution in [0.5, 0.6) is 0 Å². The fraction of sp³-hybridized carbons (Fsp3) is 0.692. The third kappa shape index (κ3) is 6.93. The highest BCUT2D eigenvalue weighted by Crippen LogP contribution is 2.19. The van der Waals surface area contributed by atoms with E-state index in [1.807, 2.05) is 5.38 Å². The van der Waals surface area contributed by atoms with Crippen LogP contribution in [0.1, 0.15) is 31.9 Å². The molecule has 1 unspecified atom stereocenters. The maximum absolute atomic E-state index is 11.0. The fourth-order valence-electron chi connectivity index (χ4n) is 2.41. The first-order valence-electron chi connectivity index (χ1n) is 6.78. The highest BCUT2D eigenvalue weighted by molar-refractivity contribution is 7.13. The largest absolute Gasteiger partial charge is 0.317 e. The first-order chi connectivity index (χ1) is 9.15. The molecule has 0 radical (unpaired) electrons. The van der Waals surface area contributed by atoms with Gasteiger partial charge < -0.3 is 10.6 Å². The summed E-state index contributed by atoms with van der Waals surface area (Å²) in [5.41, 5.74) is 1.04. The molecule has 2 N–H and O–H groups in total. The standard InChI is InChI=1S/C13H22N4OS.2ClH/c1-10(18)15-13-16-11(9-19-13)8-17(2)12-4-3-6-14-7-5-12;;/h9,12,14H,3-8H2,1-2H3,(H,15,16,18);2*1H. The zero-order chi connectivity index (χ0) is 13.7. The second-order valence-corrected chi connectivity index (χ2v) is 5.93. The SMILES string of the molecule is CC(=O)Nc1nc(CN(C)C2CCCNCC2)cs1.Cl.Cl. The van der Waals surface area contributed by atoms with E-state index < -0.39 is 0 Å². The van der Waals surface area contributed by atoms with Crippen LogP contribution in [0, 0.1) is 0 Å². The lowest BCUT2D eigenvalue weighted by Gasteiger charge is -2.25. The Kier molecular flexibility index (Phi) is 10.1. The molecule has 122 valence electrons. The zero-order valence-electron chi connectivity index (χ0n) is 12.4. The molecular weight excluding hydrogens is 331 g/mol. The second-order valence-electron chi connectivity index (χ2n) is 5.08. The highest BCUT2D eigenvalue weighted by Gasteiger charge is 2.17. The Morgan fingerprint density at radius 1 is 1.48 bits per heavy atom. The van der Waals surface area contributed by atoms with E-state index in [9.17, 15) is 4.79 Å². The van der Waals surface area contributed by atoms with Crippen LogP contribution in [0.4, 0.5) is 5.13 Å².